The van der Waals surface area contributed by atoms with E-state index in [0.29, 0.717) is 18.4 Å². The van der Waals surface area contributed by atoms with Crippen molar-refractivity contribution in [3.05, 3.63) is 12.2 Å². The van der Waals surface area contributed by atoms with Crippen molar-refractivity contribution in [3.8, 4) is 0 Å². The first kappa shape index (κ1) is 13.6. The van der Waals surface area contributed by atoms with Gasteiger partial charge in [-0.3, -0.25) is 9.69 Å². The van der Waals surface area contributed by atoms with E-state index in [4.69, 9.17) is 0 Å². The number of carbonyl (C=O) groups is 1. The van der Waals surface area contributed by atoms with Gasteiger partial charge in [0.1, 0.15) is 0 Å². The number of allylic oxidation sites excluding steroid dienone is 2. The first-order valence-electron chi connectivity index (χ1n) is 7.47. The van der Waals surface area contributed by atoms with Crippen LogP contribution in [-0.2, 0) is 4.79 Å². The van der Waals surface area contributed by atoms with Crippen molar-refractivity contribution in [2.75, 3.05) is 19.6 Å². The fourth-order valence-corrected chi connectivity index (χ4v) is 3.05. The van der Waals surface area contributed by atoms with E-state index >= 15 is 0 Å². The van der Waals surface area contributed by atoms with E-state index in [9.17, 15) is 4.79 Å². The van der Waals surface area contributed by atoms with Gasteiger partial charge in [-0.05, 0) is 51.1 Å². The van der Waals surface area contributed by atoms with E-state index in [0.717, 1.165) is 25.8 Å². The standard InChI is InChI=1S/C15H26N2O/c1-2-14(17-9-5-6-10-17)12-16-15(18)11-13-7-3-4-8-13/h3,7,13-14H,2,4-6,8-12H2,1H3,(H,16,18)/t13-,14+/m0/s1. The lowest BCUT2D eigenvalue weighted by Gasteiger charge is -2.26. The van der Waals surface area contributed by atoms with Crippen molar-refractivity contribution in [2.45, 2.75) is 51.5 Å². The van der Waals surface area contributed by atoms with Crippen LogP contribution in [0.5, 0.6) is 0 Å². The van der Waals surface area contributed by atoms with Crippen molar-refractivity contribution in [1.29, 1.82) is 0 Å². The van der Waals surface area contributed by atoms with E-state index in [2.05, 4.69) is 29.3 Å². The monoisotopic (exact) mass is 250 g/mol. The molecule has 2 rings (SSSR count). The zero-order chi connectivity index (χ0) is 12.8. The van der Waals surface area contributed by atoms with Crippen molar-refractivity contribution < 1.29 is 4.79 Å². The van der Waals surface area contributed by atoms with E-state index in [-0.39, 0.29) is 5.91 Å². The van der Waals surface area contributed by atoms with E-state index < -0.39 is 0 Å². The summed E-state index contributed by atoms with van der Waals surface area (Å²) in [5.41, 5.74) is 0. The normalized spacial score (nSPS) is 25.5. The summed E-state index contributed by atoms with van der Waals surface area (Å²) in [6, 6.07) is 0.538. The van der Waals surface area contributed by atoms with Gasteiger partial charge in [-0.15, -0.1) is 0 Å². The van der Waals surface area contributed by atoms with Gasteiger partial charge in [-0.1, -0.05) is 19.1 Å². The SMILES string of the molecule is CC[C@H](CNC(=O)C[C@H]1C=CCC1)N1CCCC1. The Morgan fingerprint density at radius 3 is 2.83 bits per heavy atom. The molecule has 0 spiro atoms. The quantitative estimate of drug-likeness (QED) is 0.734. The van der Waals surface area contributed by atoms with Gasteiger partial charge in [0.2, 0.25) is 5.91 Å². The molecule has 1 heterocycles. The second kappa shape index (κ2) is 6.93. The third-order valence-electron chi connectivity index (χ3n) is 4.22. The molecule has 1 fully saturated rings. The van der Waals surface area contributed by atoms with Crippen LogP contribution in [0.1, 0.15) is 45.4 Å². The van der Waals surface area contributed by atoms with Crippen molar-refractivity contribution in [3.63, 3.8) is 0 Å². The van der Waals surface area contributed by atoms with E-state index in [1.807, 2.05) is 0 Å². The fourth-order valence-electron chi connectivity index (χ4n) is 3.05. The third-order valence-corrected chi connectivity index (χ3v) is 4.22. The smallest absolute Gasteiger partial charge is 0.220 e. The predicted octanol–water partition coefficient (Wildman–Crippen LogP) is 2.33. The molecule has 0 aromatic carbocycles. The lowest BCUT2D eigenvalue weighted by molar-refractivity contribution is -0.121. The average Bonchev–Trinajstić information content (AvgIpc) is 3.02. The molecule has 2 aliphatic rings. The maximum Gasteiger partial charge on any atom is 0.220 e. The van der Waals surface area contributed by atoms with Gasteiger partial charge in [-0.2, -0.15) is 0 Å². The molecule has 1 amide bonds. The number of amides is 1. The second-order valence-corrected chi connectivity index (χ2v) is 5.58. The average molecular weight is 250 g/mol. The van der Waals surface area contributed by atoms with Gasteiger partial charge in [-0.25, -0.2) is 0 Å². The zero-order valence-electron chi connectivity index (χ0n) is 11.5. The molecule has 3 heteroatoms. The molecule has 0 saturated carbocycles. The summed E-state index contributed by atoms with van der Waals surface area (Å²) in [7, 11) is 0. The molecule has 0 radical (unpaired) electrons. The zero-order valence-corrected chi connectivity index (χ0v) is 11.5. The molecule has 0 aromatic heterocycles. The maximum absolute atomic E-state index is 11.9. The fraction of sp³-hybridized carbons (Fsp3) is 0.800. The van der Waals surface area contributed by atoms with Gasteiger partial charge in [0.05, 0.1) is 0 Å². The summed E-state index contributed by atoms with van der Waals surface area (Å²) in [4.78, 5) is 14.4. The number of likely N-dealkylation sites (tertiary alicyclic amines) is 1. The molecule has 2 atom stereocenters. The van der Waals surface area contributed by atoms with Crippen molar-refractivity contribution in [2.24, 2.45) is 5.92 Å². The predicted molar refractivity (Wildman–Crippen MR) is 74.4 cm³/mol. The molecule has 1 saturated heterocycles. The van der Waals surface area contributed by atoms with Crippen molar-refractivity contribution >= 4 is 5.91 Å². The first-order valence-corrected chi connectivity index (χ1v) is 7.47. The van der Waals surface area contributed by atoms with E-state index in [1.165, 1.54) is 25.9 Å². The van der Waals surface area contributed by atoms with Crippen LogP contribution < -0.4 is 5.32 Å². The molecule has 102 valence electrons. The highest BCUT2D eigenvalue weighted by Crippen LogP contribution is 2.20. The molecule has 1 aliphatic heterocycles. The minimum atomic E-state index is 0.226. The molecule has 18 heavy (non-hydrogen) atoms. The van der Waals surface area contributed by atoms with E-state index in [1.54, 1.807) is 0 Å². The largest absolute Gasteiger partial charge is 0.355 e. The summed E-state index contributed by atoms with van der Waals surface area (Å²) in [5, 5.41) is 3.12. The van der Waals surface area contributed by atoms with Crippen LogP contribution in [0.4, 0.5) is 0 Å². The lowest BCUT2D eigenvalue weighted by Crippen LogP contribution is -2.42. The maximum atomic E-state index is 11.9. The summed E-state index contributed by atoms with van der Waals surface area (Å²) in [6.45, 7) is 5.46. The highest BCUT2D eigenvalue weighted by Gasteiger charge is 2.21. The van der Waals surface area contributed by atoms with Gasteiger partial charge in [0.25, 0.3) is 0 Å². The number of carbonyl (C=O) groups excluding carboxylic acids is 1. The topological polar surface area (TPSA) is 32.3 Å². The highest BCUT2D eigenvalue weighted by molar-refractivity contribution is 5.76. The molecular weight excluding hydrogens is 224 g/mol. The Bertz CT molecular complexity index is 295. The van der Waals surface area contributed by atoms with Crippen LogP contribution in [0.3, 0.4) is 0 Å². The Balaban J connectivity index is 1.68. The number of hydrogen-bond donors (Lipinski definition) is 1. The number of nitrogens with one attached hydrogen (secondary N) is 1. The lowest BCUT2D eigenvalue weighted by atomic mass is 10.0. The summed E-state index contributed by atoms with van der Waals surface area (Å²) >= 11 is 0. The molecule has 1 aliphatic carbocycles. The first-order chi connectivity index (χ1) is 8.79. The second-order valence-electron chi connectivity index (χ2n) is 5.58. The Labute approximate surface area is 111 Å². The third kappa shape index (κ3) is 3.84. The van der Waals surface area contributed by atoms with Crippen LogP contribution in [-0.4, -0.2) is 36.5 Å². The number of rotatable bonds is 6. The van der Waals surface area contributed by atoms with Gasteiger partial charge in [0.15, 0.2) is 0 Å². The molecule has 0 aromatic rings. The Morgan fingerprint density at radius 1 is 1.44 bits per heavy atom. The van der Waals surface area contributed by atoms with Gasteiger partial charge >= 0.3 is 0 Å². The Kier molecular flexibility index (Phi) is 5.24. The minimum absolute atomic E-state index is 0.226. The molecule has 0 unspecified atom stereocenters. The van der Waals surface area contributed by atoms with Crippen molar-refractivity contribution in [1.82, 2.24) is 10.2 Å². The molecule has 1 N–H and O–H groups in total. The minimum Gasteiger partial charge on any atom is -0.355 e. The Morgan fingerprint density at radius 2 is 2.22 bits per heavy atom. The van der Waals surface area contributed by atoms with Crippen LogP contribution in [0, 0.1) is 5.92 Å². The van der Waals surface area contributed by atoms with Crippen LogP contribution in [0.15, 0.2) is 12.2 Å². The van der Waals surface area contributed by atoms with Crippen LogP contribution in [0.25, 0.3) is 0 Å². The van der Waals surface area contributed by atoms with Gasteiger partial charge in [0, 0.05) is 19.0 Å². The molecule has 3 nitrogen and oxygen atoms in total. The van der Waals surface area contributed by atoms with Gasteiger partial charge < -0.3 is 5.32 Å². The summed E-state index contributed by atoms with van der Waals surface area (Å²) in [5.74, 6) is 0.709. The molecule has 0 bridgehead atoms. The molecular formula is C15H26N2O. The van der Waals surface area contributed by atoms with Crippen LogP contribution >= 0.6 is 0 Å². The Hall–Kier alpha value is -0.830. The number of hydrogen-bond acceptors (Lipinski definition) is 2. The van der Waals surface area contributed by atoms with Crippen LogP contribution in [0.2, 0.25) is 0 Å². The number of nitrogens with zero attached hydrogens (tertiary/aromatic N) is 1. The highest BCUT2D eigenvalue weighted by atomic mass is 16.1. The summed E-state index contributed by atoms with van der Waals surface area (Å²) < 4.78 is 0. The summed E-state index contributed by atoms with van der Waals surface area (Å²) in [6.07, 6.45) is 11.1.